The molecule has 0 saturated carbocycles. The highest BCUT2D eigenvalue weighted by molar-refractivity contribution is 8.14. The van der Waals surface area contributed by atoms with E-state index in [9.17, 15) is 0 Å². The first kappa shape index (κ1) is 9.33. The zero-order chi connectivity index (χ0) is 8.97. The molecule has 1 aliphatic heterocycles. The Balaban J connectivity index is 2.85. The van der Waals surface area contributed by atoms with Gasteiger partial charge in [-0.25, -0.2) is 4.99 Å². The number of thioether (sulfide) groups is 1. The number of hydrogen-bond acceptors (Lipinski definition) is 2. The Morgan fingerprint density at radius 1 is 1.50 bits per heavy atom. The van der Waals surface area contributed by atoms with Crippen LogP contribution in [0.15, 0.2) is 41.1 Å². The first-order valence-corrected chi connectivity index (χ1v) is 4.89. The van der Waals surface area contributed by atoms with Gasteiger partial charge in [-0.1, -0.05) is 18.7 Å². The topological polar surface area (TPSA) is 12.4 Å². The molecule has 0 saturated heterocycles. The van der Waals surface area contributed by atoms with Crippen LogP contribution in [0.25, 0.3) is 0 Å². The van der Waals surface area contributed by atoms with E-state index in [1.807, 2.05) is 19.1 Å². The van der Waals surface area contributed by atoms with Crippen molar-refractivity contribution in [3.63, 3.8) is 0 Å². The van der Waals surface area contributed by atoms with Gasteiger partial charge in [0.15, 0.2) is 0 Å². The number of hydrogen-bond donors (Lipinski definition) is 0. The molecular formula is C10H13NS. The molecule has 0 amide bonds. The van der Waals surface area contributed by atoms with Gasteiger partial charge >= 0.3 is 0 Å². The van der Waals surface area contributed by atoms with Gasteiger partial charge < -0.3 is 0 Å². The van der Waals surface area contributed by atoms with Crippen molar-refractivity contribution in [2.24, 2.45) is 4.99 Å². The first-order valence-electron chi connectivity index (χ1n) is 3.91. The van der Waals surface area contributed by atoms with Crippen molar-refractivity contribution in [3.05, 3.63) is 36.1 Å². The maximum Gasteiger partial charge on any atom is 0.0710 e. The van der Waals surface area contributed by atoms with E-state index in [4.69, 9.17) is 0 Å². The molecule has 1 aliphatic rings. The van der Waals surface area contributed by atoms with Crippen LogP contribution in [-0.4, -0.2) is 10.8 Å². The Kier molecular flexibility index (Phi) is 3.35. The van der Waals surface area contributed by atoms with E-state index in [-0.39, 0.29) is 0 Å². The lowest BCUT2D eigenvalue weighted by molar-refractivity contribution is 1.25. The van der Waals surface area contributed by atoms with E-state index in [0.29, 0.717) is 0 Å². The lowest BCUT2D eigenvalue weighted by Crippen LogP contribution is -1.99. The lowest BCUT2D eigenvalue weighted by atomic mass is 10.2. The van der Waals surface area contributed by atoms with Crippen molar-refractivity contribution >= 4 is 16.8 Å². The summed E-state index contributed by atoms with van der Waals surface area (Å²) in [5.41, 5.74) is 2.43. The third kappa shape index (κ3) is 2.38. The molecule has 0 N–H and O–H groups in total. The monoisotopic (exact) mass is 179 g/mol. The Bertz CT molecular complexity index is 272. The molecule has 1 rings (SSSR count). The van der Waals surface area contributed by atoms with Crippen LogP contribution in [0.1, 0.15) is 13.8 Å². The van der Waals surface area contributed by atoms with E-state index < -0.39 is 0 Å². The Labute approximate surface area is 78.0 Å². The summed E-state index contributed by atoms with van der Waals surface area (Å²) in [6.45, 7) is 7.78. The van der Waals surface area contributed by atoms with E-state index in [1.54, 1.807) is 17.8 Å². The average molecular weight is 179 g/mol. The van der Waals surface area contributed by atoms with Crippen LogP contribution in [0.5, 0.6) is 0 Å². The van der Waals surface area contributed by atoms with Crippen LogP contribution in [-0.2, 0) is 0 Å². The van der Waals surface area contributed by atoms with Crippen molar-refractivity contribution < 1.29 is 0 Å². The standard InChI is InChI=1S/C10H13NS/c1-4-5-6-10-8(2)7-12-9(3)11-10/h4-6H,1,7H2,2-3H3/b6-5-. The molecule has 0 aromatic rings. The predicted molar refractivity (Wildman–Crippen MR) is 57.6 cm³/mol. The fourth-order valence-electron chi connectivity index (χ4n) is 0.923. The second kappa shape index (κ2) is 4.31. The summed E-state index contributed by atoms with van der Waals surface area (Å²) in [5, 5.41) is 1.14. The van der Waals surface area contributed by atoms with Crippen LogP contribution in [0.3, 0.4) is 0 Å². The molecule has 0 bridgehead atoms. The summed E-state index contributed by atoms with van der Waals surface area (Å²) >= 11 is 1.80. The van der Waals surface area contributed by atoms with Crippen molar-refractivity contribution in [1.29, 1.82) is 0 Å². The van der Waals surface area contributed by atoms with Crippen molar-refractivity contribution in [2.75, 3.05) is 5.75 Å². The van der Waals surface area contributed by atoms with Gasteiger partial charge in [0.05, 0.1) is 10.7 Å². The highest BCUT2D eigenvalue weighted by atomic mass is 32.2. The normalized spacial score (nSPS) is 18.3. The SMILES string of the molecule is C=C/C=C\C1=C(C)CSC(C)=N1. The largest absolute Gasteiger partial charge is 0.247 e. The Morgan fingerprint density at radius 2 is 2.25 bits per heavy atom. The van der Waals surface area contributed by atoms with Gasteiger partial charge in [0.25, 0.3) is 0 Å². The van der Waals surface area contributed by atoms with Crippen LogP contribution in [0.2, 0.25) is 0 Å². The molecule has 12 heavy (non-hydrogen) atoms. The minimum absolute atomic E-state index is 1.06. The van der Waals surface area contributed by atoms with Gasteiger partial charge in [-0.3, -0.25) is 0 Å². The quantitative estimate of drug-likeness (QED) is 0.593. The van der Waals surface area contributed by atoms with E-state index in [2.05, 4.69) is 18.5 Å². The van der Waals surface area contributed by atoms with Crippen LogP contribution in [0.4, 0.5) is 0 Å². The lowest BCUT2D eigenvalue weighted by Gasteiger charge is -2.10. The molecule has 1 heterocycles. The molecule has 64 valence electrons. The molecule has 0 aromatic heterocycles. The van der Waals surface area contributed by atoms with Crippen LogP contribution < -0.4 is 0 Å². The van der Waals surface area contributed by atoms with Gasteiger partial charge in [0.1, 0.15) is 0 Å². The summed E-state index contributed by atoms with van der Waals surface area (Å²) in [6.07, 6.45) is 5.70. The van der Waals surface area contributed by atoms with E-state index >= 15 is 0 Å². The third-order valence-corrected chi connectivity index (χ3v) is 2.69. The van der Waals surface area contributed by atoms with Crippen LogP contribution >= 0.6 is 11.8 Å². The molecule has 0 aliphatic carbocycles. The minimum atomic E-state index is 1.06. The van der Waals surface area contributed by atoms with Gasteiger partial charge in [-0.15, -0.1) is 11.8 Å². The summed E-state index contributed by atoms with van der Waals surface area (Å²) in [4.78, 5) is 4.43. The maximum absolute atomic E-state index is 4.43. The maximum atomic E-state index is 4.43. The number of allylic oxidation sites excluding steroid dienone is 3. The first-order chi connectivity index (χ1) is 5.74. The average Bonchev–Trinajstić information content (AvgIpc) is 2.07. The molecule has 0 spiro atoms. The van der Waals surface area contributed by atoms with Crippen molar-refractivity contribution in [2.45, 2.75) is 13.8 Å². The highest BCUT2D eigenvalue weighted by Crippen LogP contribution is 2.22. The van der Waals surface area contributed by atoms with Crippen molar-refractivity contribution in [1.82, 2.24) is 0 Å². The molecule has 0 fully saturated rings. The zero-order valence-corrected chi connectivity index (χ0v) is 8.32. The molecule has 0 atom stereocenters. The second-order valence-corrected chi connectivity index (χ2v) is 3.85. The second-order valence-electron chi connectivity index (χ2n) is 2.68. The smallest absolute Gasteiger partial charge is 0.0710 e. The number of nitrogens with zero attached hydrogens (tertiary/aromatic N) is 1. The van der Waals surface area contributed by atoms with E-state index in [0.717, 1.165) is 16.5 Å². The predicted octanol–water partition coefficient (Wildman–Crippen LogP) is 3.17. The van der Waals surface area contributed by atoms with Gasteiger partial charge in [0.2, 0.25) is 0 Å². The van der Waals surface area contributed by atoms with E-state index in [1.165, 1.54) is 5.57 Å². The summed E-state index contributed by atoms with van der Waals surface area (Å²) < 4.78 is 0. The number of rotatable bonds is 2. The highest BCUT2D eigenvalue weighted by Gasteiger charge is 2.06. The number of aliphatic imine (C=N–C) groups is 1. The molecule has 0 radical (unpaired) electrons. The summed E-state index contributed by atoms with van der Waals surface area (Å²) in [7, 11) is 0. The molecule has 2 heteroatoms. The Morgan fingerprint density at radius 3 is 2.92 bits per heavy atom. The molecule has 0 aromatic carbocycles. The third-order valence-electron chi connectivity index (χ3n) is 1.60. The molecule has 1 nitrogen and oxygen atoms in total. The fourth-order valence-corrected chi connectivity index (χ4v) is 1.66. The Hall–Kier alpha value is -0.760. The summed E-state index contributed by atoms with van der Waals surface area (Å²) in [5.74, 6) is 1.06. The van der Waals surface area contributed by atoms with Gasteiger partial charge in [-0.05, 0) is 25.5 Å². The van der Waals surface area contributed by atoms with Crippen LogP contribution in [0, 0.1) is 0 Å². The van der Waals surface area contributed by atoms with Crippen molar-refractivity contribution in [3.8, 4) is 0 Å². The van der Waals surface area contributed by atoms with Gasteiger partial charge in [-0.2, -0.15) is 0 Å². The molecular weight excluding hydrogens is 166 g/mol. The fraction of sp³-hybridized carbons (Fsp3) is 0.300. The van der Waals surface area contributed by atoms with Gasteiger partial charge in [0, 0.05) is 5.75 Å². The molecule has 0 unspecified atom stereocenters. The minimum Gasteiger partial charge on any atom is -0.247 e. The summed E-state index contributed by atoms with van der Waals surface area (Å²) in [6, 6.07) is 0. The zero-order valence-electron chi connectivity index (χ0n) is 7.50.